The Balaban J connectivity index is 0.000000207. The van der Waals surface area contributed by atoms with Gasteiger partial charge in [0.05, 0.1) is 6.61 Å². The Morgan fingerprint density at radius 2 is 1.58 bits per heavy atom. The molecule has 45 heavy (non-hydrogen) atoms. The van der Waals surface area contributed by atoms with Crippen molar-refractivity contribution in [3.8, 4) is 5.75 Å². The number of aliphatic hydroxyl groups excluding tert-OH is 1. The molecule has 5 rings (SSSR count). The van der Waals surface area contributed by atoms with Crippen molar-refractivity contribution in [2.45, 2.75) is 86.2 Å². The zero-order valence-electron chi connectivity index (χ0n) is 27.7. The van der Waals surface area contributed by atoms with Crippen LogP contribution in [0.25, 0.3) is 0 Å². The monoisotopic (exact) mass is 621 g/mol. The summed E-state index contributed by atoms with van der Waals surface area (Å²) in [6.07, 6.45) is 3.62. The number of nitrogens with one attached hydrogen (secondary N) is 1. The van der Waals surface area contributed by atoms with Crippen LogP contribution in [0.5, 0.6) is 5.75 Å². The minimum Gasteiger partial charge on any atom is -0.507 e. The molecule has 0 radical (unpaired) electrons. The van der Waals surface area contributed by atoms with Crippen LogP contribution in [0.4, 0.5) is 5.69 Å². The van der Waals surface area contributed by atoms with Crippen LogP contribution in [0.15, 0.2) is 46.4 Å². The van der Waals surface area contributed by atoms with Crippen LogP contribution in [0.2, 0.25) is 0 Å². The van der Waals surface area contributed by atoms with Crippen LogP contribution in [-0.2, 0) is 34.2 Å². The van der Waals surface area contributed by atoms with Crippen molar-refractivity contribution in [3.63, 3.8) is 0 Å². The van der Waals surface area contributed by atoms with Crippen molar-refractivity contribution in [2.75, 3.05) is 19.0 Å². The summed E-state index contributed by atoms with van der Waals surface area (Å²) in [6.45, 7) is 11.9. The molecule has 1 aliphatic heterocycles. The third kappa shape index (κ3) is 6.43. The van der Waals surface area contributed by atoms with Crippen molar-refractivity contribution in [1.29, 1.82) is 0 Å². The molecule has 2 aromatic rings. The summed E-state index contributed by atoms with van der Waals surface area (Å²) in [5, 5.41) is 24.1. The zero-order chi connectivity index (χ0) is 33.5. The van der Waals surface area contributed by atoms with Crippen LogP contribution >= 0.6 is 0 Å². The smallest absolute Gasteiger partial charge is 0.324 e. The van der Waals surface area contributed by atoms with Gasteiger partial charge < -0.3 is 29.7 Å². The van der Waals surface area contributed by atoms with Gasteiger partial charge in [0.25, 0.3) is 11.5 Å². The maximum Gasteiger partial charge on any atom is 0.324 e. The summed E-state index contributed by atoms with van der Waals surface area (Å²) in [5.41, 5.74) is 1.72. The van der Waals surface area contributed by atoms with Gasteiger partial charge in [-0.1, -0.05) is 45.9 Å². The van der Waals surface area contributed by atoms with Gasteiger partial charge in [-0.25, -0.2) is 0 Å². The van der Waals surface area contributed by atoms with E-state index in [-0.39, 0.29) is 34.7 Å². The lowest BCUT2D eigenvalue weighted by Crippen LogP contribution is -2.58. The number of allylic oxidation sites excluding steroid dienone is 1. The van der Waals surface area contributed by atoms with E-state index in [4.69, 9.17) is 4.74 Å². The Bertz CT molecular complexity index is 1590. The Kier molecular flexibility index (Phi) is 9.41. The largest absolute Gasteiger partial charge is 0.507 e. The van der Waals surface area contributed by atoms with E-state index in [0.29, 0.717) is 24.1 Å². The lowest BCUT2D eigenvalue weighted by atomic mass is 9.67. The normalized spacial score (nSPS) is 23.3. The lowest BCUT2D eigenvalue weighted by Gasteiger charge is -2.46. The van der Waals surface area contributed by atoms with Gasteiger partial charge in [-0.05, 0) is 80.9 Å². The second-order valence-electron chi connectivity index (χ2n) is 14.2. The molecule has 1 aromatic heterocycles. The highest BCUT2D eigenvalue weighted by molar-refractivity contribution is 6.06. The molecular weight excluding hydrogens is 574 g/mol. The molecule has 2 heterocycles. The van der Waals surface area contributed by atoms with Gasteiger partial charge >= 0.3 is 5.97 Å². The Morgan fingerprint density at radius 3 is 2.20 bits per heavy atom. The number of nitrogens with zero attached hydrogens (tertiary/aromatic N) is 2. The molecule has 2 aliphatic carbocycles. The van der Waals surface area contributed by atoms with E-state index in [0.717, 1.165) is 42.6 Å². The molecule has 0 bridgehead atoms. The number of benzene rings is 1. The van der Waals surface area contributed by atoms with Gasteiger partial charge in [0, 0.05) is 36.7 Å². The number of para-hydroxylation sites is 1. The van der Waals surface area contributed by atoms with Crippen LogP contribution in [0, 0.1) is 16.2 Å². The number of aromatic hydroxyl groups is 1. The number of aliphatic hydroxyl groups is 1. The number of ether oxygens (including phenoxy) is 1. The van der Waals surface area contributed by atoms with Gasteiger partial charge in [-0.15, -0.1) is 0 Å². The van der Waals surface area contributed by atoms with Crippen LogP contribution in [-0.4, -0.2) is 57.2 Å². The summed E-state index contributed by atoms with van der Waals surface area (Å²) in [5.74, 6) is -1.78. The van der Waals surface area contributed by atoms with E-state index in [1.807, 2.05) is 6.07 Å². The van der Waals surface area contributed by atoms with Crippen molar-refractivity contribution in [1.82, 2.24) is 9.47 Å². The molecule has 3 aliphatic rings. The first kappa shape index (κ1) is 34.0. The first-order valence-corrected chi connectivity index (χ1v) is 15.6. The number of carbonyl (C=O) groups excluding carboxylic acids is 3. The van der Waals surface area contributed by atoms with Gasteiger partial charge in [-0.2, -0.15) is 0 Å². The SMILES string of the molecule is CCOC(=O)C1(C)C(=O)N(C)C2=C(CC(C)(C)CC2)C1O.Cn1c2c(c(O)c(C(=O)Nc3ccccc3)c1=O)CC(C)(C)CC2. The maximum absolute atomic E-state index is 12.6. The molecule has 0 fully saturated rings. The maximum atomic E-state index is 12.6. The van der Waals surface area contributed by atoms with Crippen molar-refractivity contribution in [2.24, 2.45) is 23.3 Å². The second kappa shape index (κ2) is 12.5. The molecule has 2 atom stereocenters. The van der Waals surface area contributed by atoms with E-state index in [1.54, 1.807) is 45.3 Å². The molecule has 3 N–H and O–H groups in total. The third-order valence-electron chi connectivity index (χ3n) is 9.56. The average Bonchev–Trinajstić information content (AvgIpc) is 2.98. The van der Waals surface area contributed by atoms with E-state index >= 15 is 0 Å². The number of hydrogen-bond acceptors (Lipinski definition) is 7. The Morgan fingerprint density at radius 1 is 0.978 bits per heavy atom. The van der Waals surface area contributed by atoms with Crippen molar-refractivity contribution < 1.29 is 29.3 Å². The first-order valence-electron chi connectivity index (χ1n) is 15.6. The summed E-state index contributed by atoms with van der Waals surface area (Å²) >= 11 is 0. The minimum absolute atomic E-state index is 0.0368. The average molecular weight is 622 g/mol. The van der Waals surface area contributed by atoms with E-state index in [1.165, 1.54) is 16.4 Å². The van der Waals surface area contributed by atoms with Crippen LogP contribution in [0.3, 0.4) is 0 Å². The van der Waals surface area contributed by atoms with E-state index < -0.39 is 29.0 Å². The molecule has 10 nitrogen and oxygen atoms in total. The number of pyridine rings is 1. The number of esters is 1. The number of carbonyl (C=O) groups is 3. The second-order valence-corrected chi connectivity index (χ2v) is 14.2. The number of anilines is 1. The first-order chi connectivity index (χ1) is 20.9. The van der Waals surface area contributed by atoms with E-state index in [2.05, 4.69) is 33.0 Å². The van der Waals surface area contributed by atoms with E-state index in [9.17, 15) is 29.4 Å². The molecule has 2 amide bonds. The lowest BCUT2D eigenvalue weighted by molar-refractivity contribution is -0.171. The highest BCUT2D eigenvalue weighted by Gasteiger charge is 2.56. The predicted molar refractivity (Wildman–Crippen MR) is 172 cm³/mol. The number of hydrogen-bond donors (Lipinski definition) is 3. The van der Waals surface area contributed by atoms with Crippen molar-refractivity contribution in [3.05, 3.63) is 68.8 Å². The van der Waals surface area contributed by atoms with Crippen LogP contribution < -0.4 is 10.9 Å². The molecule has 0 saturated carbocycles. The molecular formula is C35H47N3O7. The highest BCUT2D eigenvalue weighted by atomic mass is 16.5. The summed E-state index contributed by atoms with van der Waals surface area (Å²) in [6, 6.07) is 8.90. The standard InChI is InChI=1S/C19H22N2O3.C16H25NO4/c1-19(2)10-9-14-13(11-19)16(22)15(18(24)21(14)3)17(23)20-12-7-5-4-6-8-12;1-6-21-14(20)16(4)12(18)10-9-15(2,3)8-7-11(10)17(5)13(16)19/h4-8,22H,9-11H2,1-3H3,(H,20,23);12,18H,6-9H2,1-5H3. The molecule has 2 unspecified atom stereocenters. The van der Waals surface area contributed by atoms with Gasteiger partial charge in [-0.3, -0.25) is 19.2 Å². The highest BCUT2D eigenvalue weighted by Crippen LogP contribution is 2.48. The van der Waals surface area contributed by atoms with Gasteiger partial charge in [0.2, 0.25) is 5.91 Å². The predicted octanol–water partition coefficient (Wildman–Crippen LogP) is 4.71. The quantitative estimate of drug-likeness (QED) is 0.332. The number of rotatable bonds is 4. The Labute approximate surface area is 265 Å². The molecule has 244 valence electrons. The third-order valence-corrected chi connectivity index (χ3v) is 9.56. The number of fused-ring (bicyclic) bond motifs is 1. The van der Waals surface area contributed by atoms with Crippen molar-refractivity contribution >= 4 is 23.5 Å². The zero-order valence-corrected chi connectivity index (χ0v) is 27.7. The summed E-state index contributed by atoms with van der Waals surface area (Å²) in [7, 11) is 3.34. The van der Waals surface area contributed by atoms with Gasteiger partial charge in [0.15, 0.2) is 5.41 Å². The van der Waals surface area contributed by atoms with Gasteiger partial charge in [0.1, 0.15) is 17.4 Å². The molecule has 0 spiro atoms. The topological polar surface area (TPSA) is 138 Å². The number of aromatic nitrogens is 1. The fourth-order valence-electron chi connectivity index (χ4n) is 6.71. The molecule has 1 aromatic carbocycles. The summed E-state index contributed by atoms with van der Waals surface area (Å²) in [4.78, 5) is 51.6. The minimum atomic E-state index is -1.54. The molecule has 0 saturated heterocycles. The fraction of sp³-hybridized carbons (Fsp3) is 0.543. The fourth-order valence-corrected chi connectivity index (χ4v) is 6.71. The summed E-state index contributed by atoms with van der Waals surface area (Å²) < 4.78 is 6.54. The Hall–Kier alpha value is -3.92. The van der Waals surface area contributed by atoms with Crippen LogP contribution in [0.1, 0.15) is 88.8 Å². The molecule has 10 heteroatoms. The number of amides is 2.